The third-order valence-corrected chi connectivity index (χ3v) is 5.98. The van der Waals surface area contributed by atoms with E-state index in [0.29, 0.717) is 25.1 Å². The molecule has 3 heterocycles. The van der Waals surface area contributed by atoms with Gasteiger partial charge in [0.2, 0.25) is 0 Å². The summed E-state index contributed by atoms with van der Waals surface area (Å²) in [6, 6.07) is 14.7. The quantitative estimate of drug-likeness (QED) is 0.855. The van der Waals surface area contributed by atoms with Crippen molar-refractivity contribution in [1.82, 2.24) is 15.8 Å². The van der Waals surface area contributed by atoms with Gasteiger partial charge in [-0.25, -0.2) is 9.82 Å². The van der Waals surface area contributed by atoms with Crippen LogP contribution in [0.5, 0.6) is 5.75 Å². The lowest BCUT2D eigenvalue weighted by molar-refractivity contribution is -0.140. The van der Waals surface area contributed by atoms with Crippen LogP contribution in [0.15, 0.2) is 48.5 Å². The van der Waals surface area contributed by atoms with E-state index in [2.05, 4.69) is 10.9 Å². The first-order valence-corrected chi connectivity index (χ1v) is 9.49. The van der Waals surface area contributed by atoms with Gasteiger partial charge < -0.3 is 9.64 Å². The number of carbonyl (C=O) groups is 1. The molecule has 1 amide bonds. The summed E-state index contributed by atoms with van der Waals surface area (Å²) in [6.07, 6.45) is 1.01. The van der Waals surface area contributed by atoms with E-state index in [1.54, 1.807) is 6.07 Å². The maximum absolute atomic E-state index is 14.3. The first kappa shape index (κ1) is 16.7. The lowest BCUT2D eigenvalue weighted by Gasteiger charge is -2.37. The molecule has 2 N–H and O–H groups in total. The maximum atomic E-state index is 14.3. The Morgan fingerprint density at radius 1 is 1.11 bits per heavy atom. The number of fused-ring (bicyclic) bond motifs is 2. The summed E-state index contributed by atoms with van der Waals surface area (Å²) in [5.41, 5.74) is 8.26. The number of hydrogen-bond donors (Lipinski definition) is 2. The molecule has 2 aromatic carbocycles. The van der Waals surface area contributed by atoms with E-state index in [1.165, 1.54) is 6.07 Å². The lowest BCUT2D eigenvalue weighted by atomic mass is 9.84. The minimum atomic E-state index is -0.451. The molecule has 0 radical (unpaired) electrons. The SMILES string of the molecule is O=C(C1Cc2ccccc2O1)N1CCC2NNC(c3ccccc3F)C2C1. The second-order valence-electron chi connectivity index (χ2n) is 7.55. The number of nitrogens with one attached hydrogen (secondary N) is 2. The second kappa shape index (κ2) is 6.62. The van der Waals surface area contributed by atoms with Crippen molar-refractivity contribution in [2.75, 3.05) is 13.1 Å². The van der Waals surface area contributed by atoms with Crippen molar-refractivity contribution >= 4 is 5.91 Å². The number of amides is 1. The minimum absolute atomic E-state index is 0.0313. The van der Waals surface area contributed by atoms with Crippen molar-refractivity contribution in [2.24, 2.45) is 5.92 Å². The molecule has 5 nitrogen and oxygen atoms in total. The number of para-hydroxylation sites is 1. The third kappa shape index (κ3) is 2.89. The number of hydrogen-bond acceptors (Lipinski definition) is 4. The number of benzene rings is 2. The van der Waals surface area contributed by atoms with Gasteiger partial charge in [-0.3, -0.25) is 10.2 Å². The highest BCUT2D eigenvalue weighted by molar-refractivity contribution is 5.82. The van der Waals surface area contributed by atoms with E-state index in [-0.39, 0.29) is 29.7 Å². The number of rotatable bonds is 2. The van der Waals surface area contributed by atoms with Gasteiger partial charge in [0, 0.05) is 37.0 Å². The number of ether oxygens (including phenoxy) is 1. The predicted octanol–water partition coefficient (Wildman–Crippen LogP) is 2.20. The zero-order valence-electron chi connectivity index (χ0n) is 14.9. The van der Waals surface area contributed by atoms with Crippen molar-refractivity contribution in [2.45, 2.75) is 31.0 Å². The number of nitrogens with zero attached hydrogens (tertiary/aromatic N) is 1. The fourth-order valence-corrected chi connectivity index (χ4v) is 4.56. The highest BCUT2D eigenvalue weighted by Crippen LogP contribution is 2.36. The molecule has 2 aromatic rings. The van der Waals surface area contributed by atoms with E-state index < -0.39 is 6.10 Å². The number of likely N-dealkylation sites (tertiary alicyclic amines) is 1. The molecule has 140 valence electrons. The Balaban J connectivity index is 1.32. The molecule has 4 unspecified atom stereocenters. The molecule has 0 spiro atoms. The van der Waals surface area contributed by atoms with Crippen molar-refractivity contribution in [3.8, 4) is 5.75 Å². The molecule has 3 aliphatic rings. The molecular weight excluding hydrogens is 345 g/mol. The van der Waals surface area contributed by atoms with Gasteiger partial charge in [0.15, 0.2) is 6.10 Å². The van der Waals surface area contributed by atoms with Gasteiger partial charge in [0.1, 0.15) is 11.6 Å². The van der Waals surface area contributed by atoms with Crippen LogP contribution >= 0.6 is 0 Å². The van der Waals surface area contributed by atoms with Crippen molar-refractivity contribution in [1.29, 1.82) is 0 Å². The van der Waals surface area contributed by atoms with Crippen LogP contribution in [0, 0.1) is 11.7 Å². The molecule has 2 saturated heterocycles. The molecule has 0 bridgehead atoms. The van der Waals surface area contributed by atoms with Crippen LogP contribution in [0.1, 0.15) is 23.6 Å². The molecule has 5 rings (SSSR count). The summed E-state index contributed by atoms with van der Waals surface area (Å²) in [7, 11) is 0. The Hall–Kier alpha value is -2.44. The highest BCUT2D eigenvalue weighted by Gasteiger charge is 2.44. The van der Waals surface area contributed by atoms with E-state index in [1.807, 2.05) is 41.3 Å². The Morgan fingerprint density at radius 3 is 2.78 bits per heavy atom. The highest BCUT2D eigenvalue weighted by atomic mass is 19.1. The van der Waals surface area contributed by atoms with E-state index >= 15 is 0 Å². The first-order valence-electron chi connectivity index (χ1n) is 9.49. The van der Waals surface area contributed by atoms with Crippen LogP contribution in [0.3, 0.4) is 0 Å². The van der Waals surface area contributed by atoms with Crippen LogP contribution in [0.4, 0.5) is 4.39 Å². The number of halogens is 1. The predicted molar refractivity (Wildman–Crippen MR) is 98.4 cm³/mol. The molecule has 27 heavy (non-hydrogen) atoms. The summed E-state index contributed by atoms with van der Waals surface area (Å²) in [6.45, 7) is 1.29. The normalized spacial score (nSPS) is 29.1. The first-order chi connectivity index (χ1) is 13.2. The number of hydrazine groups is 1. The van der Waals surface area contributed by atoms with E-state index in [4.69, 9.17) is 4.74 Å². The molecule has 6 heteroatoms. The smallest absolute Gasteiger partial charge is 0.264 e. The third-order valence-electron chi connectivity index (χ3n) is 5.98. The van der Waals surface area contributed by atoms with Gasteiger partial charge in [0.25, 0.3) is 5.91 Å². The molecule has 4 atom stereocenters. The Bertz CT molecular complexity index is 849. The second-order valence-corrected chi connectivity index (χ2v) is 7.55. The van der Waals surface area contributed by atoms with Crippen LogP contribution in [-0.2, 0) is 11.2 Å². The van der Waals surface area contributed by atoms with Gasteiger partial charge in [0.05, 0.1) is 6.04 Å². The van der Waals surface area contributed by atoms with Crippen molar-refractivity contribution in [3.05, 3.63) is 65.5 Å². The monoisotopic (exact) mass is 367 g/mol. The zero-order chi connectivity index (χ0) is 18.4. The lowest BCUT2D eigenvalue weighted by Crippen LogP contribution is -2.51. The molecule has 0 aromatic heterocycles. The summed E-state index contributed by atoms with van der Waals surface area (Å²) in [5.74, 6) is 0.752. The van der Waals surface area contributed by atoms with Crippen LogP contribution < -0.4 is 15.6 Å². The van der Waals surface area contributed by atoms with Crippen molar-refractivity contribution < 1.29 is 13.9 Å². The summed E-state index contributed by atoms with van der Waals surface area (Å²) >= 11 is 0. The van der Waals surface area contributed by atoms with Gasteiger partial charge in [-0.05, 0) is 24.1 Å². The zero-order valence-corrected chi connectivity index (χ0v) is 14.9. The van der Waals surface area contributed by atoms with Gasteiger partial charge in [-0.2, -0.15) is 0 Å². The average molecular weight is 367 g/mol. The molecule has 0 saturated carbocycles. The van der Waals surface area contributed by atoms with Crippen LogP contribution in [-0.4, -0.2) is 36.0 Å². The van der Waals surface area contributed by atoms with Gasteiger partial charge >= 0.3 is 0 Å². The van der Waals surface area contributed by atoms with E-state index in [0.717, 1.165) is 17.7 Å². The Kier molecular flexibility index (Phi) is 4.10. The summed E-state index contributed by atoms with van der Waals surface area (Å²) < 4.78 is 20.2. The number of piperidine rings is 1. The average Bonchev–Trinajstić information content (AvgIpc) is 3.31. The molecule has 0 aliphatic carbocycles. The fourth-order valence-electron chi connectivity index (χ4n) is 4.56. The molecule has 3 aliphatic heterocycles. The fraction of sp³-hybridized carbons (Fsp3) is 0.381. The van der Waals surface area contributed by atoms with Crippen LogP contribution in [0.2, 0.25) is 0 Å². The Labute approximate surface area is 157 Å². The summed E-state index contributed by atoms with van der Waals surface area (Å²) in [4.78, 5) is 14.9. The Morgan fingerprint density at radius 2 is 1.93 bits per heavy atom. The number of carbonyl (C=O) groups excluding carboxylic acids is 1. The standard InChI is InChI=1S/C21H22FN3O2/c22-16-7-3-2-6-14(16)20-15-12-25(10-9-17(15)23-24-20)21(26)19-11-13-5-1-4-8-18(13)27-19/h1-8,15,17,19-20,23-24H,9-12H2. The molecular formula is C21H22FN3O2. The van der Waals surface area contributed by atoms with Crippen LogP contribution in [0.25, 0.3) is 0 Å². The van der Waals surface area contributed by atoms with Gasteiger partial charge in [-0.15, -0.1) is 0 Å². The summed E-state index contributed by atoms with van der Waals surface area (Å²) in [5, 5.41) is 0. The topological polar surface area (TPSA) is 53.6 Å². The van der Waals surface area contributed by atoms with Crippen molar-refractivity contribution in [3.63, 3.8) is 0 Å². The maximum Gasteiger partial charge on any atom is 0.264 e. The molecule has 2 fully saturated rings. The van der Waals surface area contributed by atoms with Gasteiger partial charge in [-0.1, -0.05) is 36.4 Å². The largest absolute Gasteiger partial charge is 0.480 e. The minimum Gasteiger partial charge on any atom is -0.480 e. The van der Waals surface area contributed by atoms with E-state index in [9.17, 15) is 9.18 Å².